The second-order valence-corrected chi connectivity index (χ2v) is 4.76. The number of nitrogens with zero attached hydrogens (tertiary/aromatic N) is 1. The lowest BCUT2D eigenvalue weighted by atomic mass is 9.90. The van der Waals surface area contributed by atoms with Crippen LogP contribution in [0.15, 0.2) is 0 Å². The standard InChI is InChI=1S/C13H26N2O/c1-4-6-10-15(5-2)13(16)12-8-7-9-14-11(12)3/h11-12,14H,4-10H2,1-3H3. The third-order valence-corrected chi connectivity index (χ3v) is 3.55. The zero-order valence-corrected chi connectivity index (χ0v) is 11.0. The van der Waals surface area contributed by atoms with Crippen molar-refractivity contribution in [1.82, 2.24) is 10.2 Å². The molecular weight excluding hydrogens is 200 g/mol. The number of unbranched alkanes of at least 4 members (excludes halogenated alkanes) is 1. The molecule has 0 aromatic heterocycles. The van der Waals surface area contributed by atoms with Gasteiger partial charge in [0.15, 0.2) is 0 Å². The Morgan fingerprint density at radius 2 is 2.19 bits per heavy atom. The molecule has 3 nitrogen and oxygen atoms in total. The molecule has 0 bridgehead atoms. The Morgan fingerprint density at radius 1 is 1.44 bits per heavy atom. The van der Waals surface area contributed by atoms with Crippen LogP contribution in [-0.2, 0) is 4.79 Å². The second-order valence-electron chi connectivity index (χ2n) is 4.76. The van der Waals surface area contributed by atoms with E-state index in [1.165, 1.54) is 0 Å². The molecule has 1 aliphatic heterocycles. The molecule has 1 aliphatic rings. The van der Waals surface area contributed by atoms with Crippen molar-refractivity contribution < 1.29 is 4.79 Å². The molecule has 0 saturated carbocycles. The Bertz CT molecular complexity index is 218. The Kier molecular flexibility index (Phi) is 5.81. The third-order valence-electron chi connectivity index (χ3n) is 3.55. The molecule has 1 saturated heterocycles. The van der Waals surface area contributed by atoms with E-state index in [-0.39, 0.29) is 5.92 Å². The smallest absolute Gasteiger partial charge is 0.227 e. The summed E-state index contributed by atoms with van der Waals surface area (Å²) < 4.78 is 0. The van der Waals surface area contributed by atoms with Gasteiger partial charge >= 0.3 is 0 Å². The predicted molar refractivity (Wildman–Crippen MR) is 67.4 cm³/mol. The van der Waals surface area contributed by atoms with Crippen molar-refractivity contribution in [2.24, 2.45) is 5.92 Å². The lowest BCUT2D eigenvalue weighted by Gasteiger charge is -2.33. The summed E-state index contributed by atoms with van der Waals surface area (Å²) >= 11 is 0. The molecule has 94 valence electrons. The Labute approximate surface area is 99.6 Å². The van der Waals surface area contributed by atoms with Gasteiger partial charge in [-0.25, -0.2) is 0 Å². The van der Waals surface area contributed by atoms with E-state index < -0.39 is 0 Å². The second kappa shape index (κ2) is 6.89. The summed E-state index contributed by atoms with van der Waals surface area (Å²) in [6, 6.07) is 0.344. The van der Waals surface area contributed by atoms with Crippen LogP contribution < -0.4 is 5.32 Å². The van der Waals surface area contributed by atoms with E-state index in [4.69, 9.17) is 0 Å². The monoisotopic (exact) mass is 226 g/mol. The maximum absolute atomic E-state index is 12.3. The van der Waals surface area contributed by atoms with Crippen molar-refractivity contribution >= 4 is 5.91 Å². The lowest BCUT2D eigenvalue weighted by Crippen LogP contribution is -2.48. The number of hydrogen-bond donors (Lipinski definition) is 1. The van der Waals surface area contributed by atoms with Gasteiger partial charge in [0.05, 0.1) is 5.92 Å². The van der Waals surface area contributed by atoms with Gasteiger partial charge in [-0.2, -0.15) is 0 Å². The lowest BCUT2D eigenvalue weighted by molar-refractivity contribution is -0.137. The number of nitrogens with one attached hydrogen (secondary N) is 1. The molecule has 0 aromatic carbocycles. The Hall–Kier alpha value is -0.570. The average molecular weight is 226 g/mol. The zero-order chi connectivity index (χ0) is 12.0. The molecule has 2 unspecified atom stereocenters. The fourth-order valence-electron chi connectivity index (χ4n) is 2.39. The van der Waals surface area contributed by atoms with Crippen molar-refractivity contribution in [3.63, 3.8) is 0 Å². The number of carbonyl (C=O) groups excluding carboxylic acids is 1. The largest absolute Gasteiger partial charge is 0.343 e. The van der Waals surface area contributed by atoms with Crippen LogP contribution in [0, 0.1) is 5.92 Å². The number of rotatable bonds is 5. The number of piperidine rings is 1. The van der Waals surface area contributed by atoms with E-state index in [0.29, 0.717) is 11.9 Å². The molecule has 1 amide bonds. The quantitative estimate of drug-likeness (QED) is 0.778. The minimum absolute atomic E-state index is 0.200. The fraction of sp³-hybridized carbons (Fsp3) is 0.923. The molecule has 1 N–H and O–H groups in total. The minimum atomic E-state index is 0.200. The van der Waals surface area contributed by atoms with E-state index in [1.54, 1.807) is 0 Å². The first-order chi connectivity index (χ1) is 7.70. The highest BCUT2D eigenvalue weighted by molar-refractivity contribution is 5.79. The molecule has 1 heterocycles. The van der Waals surface area contributed by atoms with Crippen LogP contribution in [-0.4, -0.2) is 36.5 Å². The maximum atomic E-state index is 12.3. The number of hydrogen-bond acceptors (Lipinski definition) is 2. The topological polar surface area (TPSA) is 32.3 Å². The van der Waals surface area contributed by atoms with Crippen LogP contribution in [0.4, 0.5) is 0 Å². The van der Waals surface area contributed by atoms with Crippen molar-refractivity contribution in [1.29, 1.82) is 0 Å². The highest BCUT2D eigenvalue weighted by Crippen LogP contribution is 2.19. The predicted octanol–water partition coefficient (Wildman–Crippen LogP) is 2.02. The van der Waals surface area contributed by atoms with E-state index in [2.05, 4.69) is 26.1 Å². The first-order valence-corrected chi connectivity index (χ1v) is 6.72. The van der Waals surface area contributed by atoms with Crippen molar-refractivity contribution in [3.05, 3.63) is 0 Å². The van der Waals surface area contributed by atoms with Crippen LogP contribution >= 0.6 is 0 Å². The summed E-state index contributed by atoms with van der Waals surface area (Å²) in [6.07, 6.45) is 4.46. The molecule has 1 fully saturated rings. The SMILES string of the molecule is CCCCN(CC)C(=O)C1CCCNC1C. The van der Waals surface area contributed by atoms with Crippen LogP contribution in [0.2, 0.25) is 0 Å². The highest BCUT2D eigenvalue weighted by Gasteiger charge is 2.30. The van der Waals surface area contributed by atoms with E-state index in [1.807, 2.05) is 4.90 Å². The molecule has 16 heavy (non-hydrogen) atoms. The third kappa shape index (κ3) is 3.48. The molecule has 2 atom stereocenters. The van der Waals surface area contributed by atoms with Gasteiger partial charge in [0.25, 0.3) is 0 Å². The van der Waals surface area contributed by atoms with Gasteiger partial charge in [-0.1, -0.05) is 13.3 Å². The molecule has 1 rings (SSSR count). The molecule has 0 aromatic rings. The summed E-state index contributed by atoms with van der Waals surface area (Å²) in [4.78, 5) is 14.4. The summed E-state index contributed by atoms with van der Waals surface area (Å²) in [5.41, 5.74) is 0. The first-order valence-electron chi connectivity index (χ1n) is 6.72. The molecule has 3 heteroatoms. The van der Waals surface area contributed by atoms with Gasteiger partial charge in [0, 0.05) is 19.1 Å². The van der Waals surface area contributed by atoms with Crippen LogP contribution in [0.1, 0.15) is 46.5 Å². The van der Waals surface area contributed by atoms with E-state index in [9.17, 15) is 4.79 Å². The van der Waals surface area contributed by atoms with Crippen LogP contribution in [0.25, 0.3) is 0 Å². The van der Waals surface area contributed by atoms with Gasteiger partial charge in [-0.05, 0) is 39.7 Å². The number of amides is 1. The summed E-state index contributed by atoms with van der Waals surface area (Å²) in [7, 11) is 0. The van der Waals surface area contributed by atoms with Gasteiger partial charge in [-0.3, -0.25) is 4.79 Å². The molecular formula is C13H26N2O. The van der Waals surface area contributed by atoms with E-state index in [0.717, 1.165) is 45.3 Å². The summed E-state index contributed by atoms with van der Waals surface area (Å²) in [5.74, 6) is 0.557. The zero-order valence-electron chi connectivity index (χ0n) is 11.0. The number of carbonyl (C=O) groups is 1. The average Bonchev–Trinajstić information content (AvgIpc) is 2.30. The summed E-state index contributed by atoms with van der Waals surface area (Å²) in [6.45, 7) is 9.22. The molecule has 0 aliphatic carbocycles. The molecule has 0 spiro atoms. The maximum Gasteiger partial charge on any atom is 0.227 e. The van der Waals surface area contributed by atoms with Crippen molar-refractivity contribution in [2.45, 2.75) is 52.5 Å². The van der Waals surface area contributed by atoms with Gasteiger partial charge in [0.1, 0.15) is 0 Å². The van der Waals surface area contributed by atoms with Gasteiger partial charge in [0.2, 0.25) is 5.91 Å². The van der Waals surface area contributed by atoms with Gasteiger partial charge < -0.3 is 10.2 Å². The van der Waals surface area contributed by atoms with Crippen molar-refractivity contribution in [3.8, 4) is 0 Å². The van der Waals surface area contributed by atoms with Gasteiger partial charge in [-0.15, -0.1) is 0 Å². The first kappa shape index (κ1) is 13.5. The Morgan fingerprint density at radius 3 is 2.75 bits per heavy atom. The normalized spacial score (nSPS) is 25.4. The minimum Gasteiger partial charge on any atom is -0.343 e. The van der Waals surface area contributed by atoms with Crippen molar-refractivity contribution in [2.75, 3.05) is 19.6 Å². The summed E-state index contributed by atoms with van der Waals surface area (Å²) in [5, 5.41) is 3.40. The van der Waals surface area contributed by atoms with E-state index >= 15 is 0 Å². The van der Waals surface area contributed by atoms with Crippen LogP contribution in [0.3, 0.4) is 0 Å². The highest BCUT2D eigenvalue weighted by atomic mass is 16.2. The fourth-order valence-corrected chi connectivity index (χ4v) is 2.39. The molecule has 0 radical (unpaired) electrons. The van der Waals surface area contributed by atoms with Crippen LogP contribution in [0.5, 0.6) is 0 Å². The Balaban J connectivity index is 2.51.